The van der Waals surface area contributed by atoms with Crippen LogP contribution in [0.3, 0.4) is 0 Å². The number of benzene rings is 2. The Kier molecular flexibility index (Phi) is 6.69. The maximum atomic E-state index is 13.4. The molecular weight excluding hydrogens is 448 g/mol. The van der Waals surface area contributed by atoms with Crippen LogP contribution < -0.4 is 5.32 Å². The van der Waals surface area contributed by atoms with E-state index >= 15 is 0 Å². The summed E-state index contributed by atoms with van der Waals surface area (Å²) < 4.78 is 6.41. The molecule has 1 N–H and O–H groups in total. The summed E-state index contributed by atoms with van der Waals surface area (Å²) in [5.74, 6) is -0.247. The zero-order valence-corrected chi connectivity index (χ0v) is 19.5. The number of hydrogen-bond donors (Lipinski definition) is 1. The highest BCUT2D eigenvalue weighted by Gasteiger charge is 2.30. The maximum Gasteiger partial charge on any atom is 0.287 e. The Morgan fingerprint density at radius 3 is 2.47 bits per heavy atom. The van der Waals surface area contributed by atoms with Crippen molar-refractivity contribution in [1.29, 1.82) is 0 Å². The van der Waals surface area contributed by atoms with E-state index in [2.05, 4.69) is 16.3 Å². The summed E-state index contributed by atoms with van der Waals surface area (Å²) in [5, 5.41) is 3.98. The van der Waals surface area contributed by atoms with E-state index in [4.69, 9.17) is 9.40 Å². The first-order chi connectivity index (χ1) is 16.7. The molecule has 8 heteroatoms. The highest BCUT2D eigenvalue weighted by atomic mass is 32.1. The third-order valence-electron chi connectivity index (χ3n) is 6.01. The molecule has 1 atom stereocenters. The summed E-state index contributed by atoms with van der Waals surface area (Å²) in [6.07, 6.45) is 1.88. The van der Waals surface area contributed by atoms with Gasteiger partial charge in [-0.3, -0.25) is 14.5 Å². The zero-order chi connectivity index (χ0) is 23.3. The minimum absolute atomic E-state index is 0.0663. The topological polar surface area (TPSA) is 78.7 Å². The second-order valence-corrected chi connectivity index (χ2v) is 9.49. The Balaban J connectivity index is 1.22. The average molecular weight is 475 g/mol. The lowest BCUT2D eigenvalue weighted by Crippen LogP contribution is -2.55. The minimum Gasteiger partial charge on any atom is -0.459 e. The maximum absolute atomic E-state index is 13.4. The van der Waals surface area contributed by atoms with Gasteiger partial charge in [0, 0.05) is 32.6 Å². The molecule has 0 bridgehead atoms. The number of furan rings is 1. The summed E-state index contributed by atoms with van der Waals surface area (Å²) in [4.78, 5) is 35.0. The summed E-state index contributed by atoms with van der Waals surface area (Å²) in [5.41, 5.74) is 2.03. The first-order valence-electron chi connectivity index (χ1n) is 11.4. The van der Waals surface area contributed by atoms with Gasteiger partial charge in [0.1, 0.15) is 11.0 Å². The van der Waals surface area contributed by atoms with Gasteiger partial charge in [-0.05, 0) is 29.8 Å². The number of fused-ring (bicyclic) bond motifs is 1. The highest BCUT2D eigenvalue weighted by Crippen LogP contribution is 2.23. The number of rotatable bonds is 7. The van der Waals surface area contributed by atoms with Gasteiger partial charge in [0.25, 0.3) is 5.91 Å². The number of amides is 2. The van der Waals surface area contributed by atoms with Crippen LogP contribution in [0.1, 0.15) is 21.1 Å². The lowest BCUT2D eigenvalue weighted by atomic mass is 10.0. The second kappa shape index (κ2) is 10.2. The predicted octanol–water partition coefficient (Wildman–Crippen LogP) is 3.57. The van der Waals surface area contributed by atoms with Crippen molar-refractivity contribution in [3.05, 3.63) is 89.3 Å². The van der Waals surface area contributed by atoms with Crippen LogP contribution in [-0.2, 0) is 17.8 Å². The second-order valence-electron chi connectivity index (χ2n) is 8.37. The summed E-state index contributed by atoms with van der Waals surface area (Å²) in [6, 6.07) is 20.5. The number of piperazine rings is 1. The van der Waals surface area contributed by atoms with Gasteiger partial charge in [-0.2, -0.15) is 0 Å². The molecule has 0 radical (unpaired) electrons. The van der Waals surface area contributed by atoms with Crippen LogP contribution >= 0.6 is 11.3 Å². The van der Waals surface area contributed by atoms with Crippen molar-refractivity contribution >= 4 is 33.4 Å². The average Bonchev–Trinajstić information content (AvgIpc) is 3.54. The molecule has 1 saturated heterocycles. The predicted molar refractivity (Wildman–Crippen MR) is 132 cm³/mol. The van der Waals surface area contributed by atoms with E-state index in [1.807, 2.05) is 53.4 Å². The Labute approximate surface area is 202 Å². The van der Waals surface area contributed by atoms with Crippen LogP contribution in [0, 0.1) is 0 Å². The van der Waals surface area contributed by atoms with Gasteiger partial charge >= 0.3 is 0 Å². The fourth-order valence-corrected chi connectivity index (χ4v) is 5.22. The summed E-state index contributed by atoms with van der Waals surface area (Å²) >= 11 is 1.72. The standard InChI is InChI=1S/C26H26N4O3S/c31-25(22-10-6-16-33-22)28-21(17-19-7-2-1-3-8-19)26(32)30-14-12-29(13-15-30)18-24-27-20-9-4-5-11-23(20)34-24/h1-11,16,21H,12-15,17-18H2,(H,28,31)/t21-/m0/s1. The van der Waals surface area contributed by atoms with Crippen LogP contribution in [0.25, 0.3) is 10.2 Å². The Hall–Kier alpha value is -3.49. The van der Waals surface area contributed by atoms with Gasteiger partial charge in [-0.25, -0.2) is 4.98 Å². The fourth-order valence-electron chi connectivity index (χ4n) is 4.21. The first kappa shape index (κ1) is 22.3. The van der Waals surface area contributed by atoms with Crippen molar-refractivity contribution in [3.63, 3.8) is 0 Å². The molecule has 174 valence electrons. The molecule has 1 fully saturated rings. The molecule has 2 aromatic heterocycles. The van der Waals surface area contributed by atoms with Gasteiger partial charge in [-0.15, -0.1) is 11.3 Å². The van der Waals surface area contributed by atoms with Crippen molar-refractivity contribution in [2.45, 2.75) is 19.0 Å². The minimum atomic E-state index is -0.657. The number of aromatic nitrogens is 1. The van der Waals surface area contributed by atoms with Crippen LogP contribution in [0.15, 0.2) is 77.4 Å². The molecule has 3 heterocycles. The Bertz CT molecular complexity index is 1210. The number of para-hydroxylation sites is 1. The van der Waals surface area contributed by atoms with Crippen molar-refractivity contribution in [2.24, 2.45) is 0 Å². The molecule has 4 aromatic rings. The number of nitrogens with one attached hydrogen (secondary N) is 1. The monoisotopic (exact) mass is 474 g/mol. The molecule has 34 heavy (non-hydrogen) atoms. The Morgan fingerprint density at radius 2 is 1.74 bits per heavy atom. The molecule has 0 unspecified atom stereocenters. The molecule has 0 spiro atoms. The quantitative estimate of drug-likeness (QED) is 0.443. The number of thiazole rings is 1. The van der Waals surface area contributed by atoms with E-state index in [1.165, 1.54) is 11.0 Å². The number of hydrogen-bond acceptors (Lipinski definition) is 6. The van der Waals surface area contributed by atoms with Crippen molar-refractivity contribution in [1.82, 2.24) is 20.1 Å². The van der Waals surface area contributed by atoms with Crippen LogP contribution in [0.2, 0.25) is 0 Å². The molecule has 2 amide bonds. The van der Waals surface area contributed by atoms with Crippen molar-refractivity contribution < 1.29 is 14.0 Å². The van der Waals surface area contributed by atoms with Crippen molar-refractivity contribution in [3.8, 4) is 0 Å². The Morgan fingerprint density at radius 1 is 0.971 bits per heavy atom. The van der Waals surface area contributed by atoms with E-state index in [-0.39, 0.29) is 17.6 Å². The van der Waals surface area contributed by atoms with Crippen molar-refractivity contribution in [2.75, 3.05) is 26.2 Å². The van der Waals surface area contributed by atoms with Gasteiger partial charge < -0.3 is 14.6 Å². The molecule has 2 aromatic carbocycles. The molecule has 0 aliphatic carbocycles. The number of carbonyl (C=O) groups excluding carboxylic acids is 2. The highest BCUT2D eigenvalue weighted by molar-refractivity contribution is 7.18. The van der Waals surface area contributed by atoms with E-state index in [9.17, 15) is 9.59 Å². The van der Waals surface area contributed by atoms with Gasteiger partial charge in [-0.1, -0.05) is 42.5 Å². The van der Waals surface area contributed by atoms with Gasteiger partial charge in [0.2, 0.25) is 5.91 Å². The van der Waals surface area contributed by atoms with E-state index in [0.717, 1.165) is 35.7 Å². The van der Waals surface area contributed by atoms with Crippen LogP contribution in [0.4, 0.5) is 0 Å². The third-order valence-corrected chi connectivity index (χ3v) is 7.03. The van der Waals surface area contributed by atoms with Crippen LogP contribution in [0.5, 0.6) is 0 Å². The summed E-state index contributed by atoms with van der Waals surface area (Å²) in [6.45, 7) is 3.55. The van der Waals surface area contributed by atoms with E-state index in [0.29, 0.717) is 19.5 Å². The molecule has 7 nitrogen and oxygen atoms in total. The van der Waals surface area contributed by atoms with E-state index in [1.54, 1.807) is 23.5 Å². The van der Waals surface area contributed by atoms with Gasteiger partial charge in [0.05, 0.1) is 23.0 Å². The van der Waals surface area contributed by atoms with E-state index < -0.39 is 6.04 Å². The number of nitrogens with zero attached hydrogens (tertiary/aromatic N) is 3. The molecule has 1 aliphatic rings. The summed E-state index contributed by atoms with van der Waals surface area (Å²) in [7, 11) is 0. The molecule has 1 aliphatic heterocycles. The number of carbonyl (C=O) groups is 2. The lowest BCUT2D eigenvalue weighted by molar-refractivity contribution is -0.135. The lowest BCUT2D eigenvalue weighted by Gasteiger charge is -2.36. The fraction of sp³-hybridized carbons (Fsp3) is 0.269. The third kappa shape index (κ3) is 5.18. The smallest absolute Gasteiger partial charge is 0.287 e. The SMILES string of the molecule is O=C(N[C@@H](Cc1ccccc1)C(=O)N1CCN(Cc2nc3ccccc3s2)CC1)c1ccco1. The largest absolute Gasteiger partial charge is 0.459 e. The van der Waals surface area contributed by atoms with Gasteiger partial charge in [0.15, 0.2) is 5.76 Å². The molecule has 5 rings (SSSR count). The van der Waals surface area contributed by atoms with Crippen LogP contribution in [-0.4, -0.2) is 58.8 Å². The molecule has 0 saturated carbocycles. The molecular formula is C26H26N4O3S. The normalized spacial score (nSPS) is 15.4. The zero-order valence-electron chi connectivity index (χ0n) is 18.7. The first-order valence-corrected chi connectivity index (χ1v) is 12.2.